The van der Waals surface area contributed by atoms with Gasteiger partial charge in [-0.2, -0.15) is 0 Å². The molecule has 1 heterocycles. The number of rotatable bonds is 4. The fraction of sp³-hybridized carbons (Fsp3) is 0.273. The van der Waals surface area contributed by atoms with E-state index >= 15 is 0 Å². The summed E-state index contributed by atoms with van der Waals surface area (Å²) < 4.78 is 2.84. The van der Waals surface area contributed by atoms with Crippen LogP contribution >= 0.6 is 27.7 Å². The topological polar surface area (TPSA) is 50.9 Å². The number of aliphatic hydroxyl groups is 1. The molecule has 0 fully saturated rings. The number of thioether (sulfide) groups is 1. The van der Waals surface area contributed by atoms with Crippen LogP contribution in [0.25, 0.3) is 0 Å². The number of benzene rings is 1. The fourth-order valence-corrected chi connectivity index (χ4v) is 2.46. The van der Waals surface area contributed by atoms with Crippen LogP contribution in [0.15, 0.2) is 40.2 Å². The summed E-state index contributed by atoms with van der Waals surface area (Å²) >= 11 is 4.85. The number of nitrogens with zero attached hydrogens (tertiary/aromatic N) is 3. The Bertz CT molecular complexity index is 486. The first-order chi connectivity index (χ1) is 8.16. The first kappa shape index (κ1) is 12.6. The lowest BCUT2D eigenvalue weighted by molar-refractivity contribution is 0.204. The molecule has 0 aliphatic carbocycles. The molecule has 1 aromatic carbocycles. The molecule has 0 aliphatic rings. The van der Waals surface area contributed by atoms with Crippen molar-refractivity contribution in [3.8, 4) is 0 Å². The first-order valence-corrected chi connectivity index (χ1v) is 6.85. The van der Waals surface area contributed by atoms with E-state index in [0.29, 0.717) is 5.75 Å². The highest BCUT2D eigenvalue weighted by molar-refractivity contribution is 9.10. The van der Waals surface area contributed by atoms with Crippen LogP contribution in [0.1, 0.15) is 11.7 Å². The molecule has 90 valence electrons. The molecule has 1 aromatic heterocycles. The van der Waals surface area contributed by atoms with Crippen molar-refractivity contribution in [2.45, 2.75) is 11.3 Å². The van der Waals surface area contributed by atoms with Crippen LogP contribution < -0.4 is 0 Å². The van der Waals surface area contributed by atoms with Gasteiger partial charge in [0, 0.05) is 17.3 Å². The lowest BCUT2D eigenvalue weighted by atomic mass is 10.1. The van der Waals surface area contributed by atoms with Gasteiger partial charge in [-0.05, 0) is 17.7 Å². The molecule has 1 unspecified atom stereocenters. The number of hydrogen-bond donors (Lipinski definition) is 1. The van der Waals surface area contributed by atoms with Gasteiger partial charge in [0.25, 0.3) is 0 Å². The van der Waals surface area contributed by atoms with E-state index in [2.05, 4.69) is 26.1 Å². The van der Waals surface area contributed by atoms with Gasteiger partial charge in [-0.25, -0.2) is 0 Å². The number of aryl methyl sites for hydroxylation is 1. The SMILES string of the molecule is Cn1cnnc1SCC(O)c1ccc(Br)cc1. The highest BCUT2D eigenvalue weighted by Crippen LogP contribution is 2.23. The zero-order valence-electron chi connectivity index (χ0n) is 9.25. The quantitative estimate of drug-likeness (QED) is 0.881. The van der Waals surface area contributed by atoms with E-state index in [9.17, 15) is 5.11 Å². The zero-order chi connectivity index (χ0) is 12.3. The van der Waals surface area contributed by atoms with Crippen LogP contribution in [-0.2, 0) is 7.05 Å². The maximum absolute atomic E-state index is 10.0. The van der Waals surface area contributed by atoms with E-state index in [1.807, 2.05) is 35.9 Å². The summed E-state index contributed by atoms with van der Waals surface area (Å²) in [5.41, 5.74) is 0.905. The molecule has 17 heavy (non-hydrogen) atoms. The fourth-order valence-electron chi connectivity index (χ4n) is 1.34. The highest BCUT2D eigenvalue weighted by atomic mass is 79.9. The predicted molar refractivity (Wildman–Crippen MR) is 70.8 cm³/mol. The van der Waals surface area contributed by atoms with Gasteiger partial charge in [-0.3, -0.25) is 0 Å². The van der Waals surface area contributed by atoms with Crippen LogP contribution in [0.5, 0.6) is 0 Å². The molecule has 1 N–H and O–H groups in total. The molecule has 4 nitrogen and oxygen atoms in total. The Morgan fingerprint density at radius 3 is 2.71 bits per heavy atom. The molecule has 2 aromatic rings. The Labute approximate surface area is 112 Å². The molecule has 6 heteroatoms. The van der Waals surface area contributed by atoms with Gasteiger partial charge in [0.15, 0.2) is 5.16 Å². The number of halogens is 1. The molecule has 0 bridgehead atoms. The maximum Gasteiger partial charge on any atom is 0.190 e. The van der Waals surface area contributed by atoms with E-state index in [1.54, 1.807) is 6.33 Å². The van der Waals surface area contributed by atoms with Crippen molar-refractivity contribution < 1.29 is 5.11 Å². The van der Waals surface area contributed by atoms with Gasteiger partial charge in [0.05, 0.1) is 6.10 Å². The van der Waals surface area contributed by atoms with E-state index in [0.717, 1.165) is 15.2 Å². The second-order valence-corrected chi connectivity index (χ2v) is 5.51. The highest BCUT2D eigenvalue weighted by Gasteiger charge is 2.10. The van der Waals surface area contributed by atoms with Crippen LogP contribution in [0.3, 0.4) is 0 Å². The summed E-state index contributed by atoms with van der Waals surface area (Å²) in [6, 6.07) is 7.66. The van der Waals surface area contributed by atoms with E-state index < -0.39 is 6.10 Å². The van der Waals surface area contributed by atoms with Gasteiger partial charge in [-0.15, -0.1) is 10.2 Å². The maximum atomic E-state index is 10.0. The molecular formula is C11H12BrN3OS. The summed E-state index contributed by atoms with van der Waals surface area (Å²) in [7, 11) is 1.88. The van der Waals surface area contributed by atoms with Gasteiger partial charge >= 0.3 is 0 Å². The van der Waals surface area contributed by atoms with Crippen LogP contribution in [0.2, 0.25) is 0 Å². The smallest absolute Gasteiger partial charge is 0.190 e. The minimum absolute atomic E-state index is 0.496. The molecule has 0 radical (unpaired) electrons. The summed E-state index contributed by atoms with van der Waals surface area (Å²) in [4.78, 5) is 0. The first-order valence-electron chi connectivity index (χ1n) is 5.07. The van der Waals surface area contributed by atoms with Gasteiger partial charge in [0.1, 0.15) is 6.33 Å². The Hall–Kier alpha value is -0.850. The van der Waals surface area contributed by atoms with Crippen molar-refractivity contribution in [3.05, 3.63) is 40.6 Å². The van der Waals surface area contributed by atoms with Gasteiger partial charge in [0.2, 0.25) is 0 Å². The lowest BCUT2D eigenvalue weighted by Crippen LogP contribution is -2.01. The van der Waals surface area contributed by atoms with E-state index in [-0.39, 0.29) is 0 Å². The Morgan fingerprint density at radius 2 is 2.12 bits per heavy atom. The molecule has 0 spiro atoms. The molecule has 2 rings (SSSR count). The number of aliphatic hydroxyl groups excluding tert-OH is 1. The largest absolute Gasteiger partial charge is 0.388 e. The summed E-state index contributed by atoms with van der Waals surface area (Å²) in [6.07, 6.45) is 1.15. The monoisotopic (exact) mass is 313 g/mol. The zero-order valence-corrected chi connectivity index (χ0v) is 11.6. The average Bonchev–Trinajstić information content (AvgIpc) is 2.73. The third-order valence-corrected chi connectivity index (χ3v) is 3.93. The summed E-state index contributed by atoms with van der Waals surface area (Å²) in [6.45, 7) is 0. The average molecular weight is 314 g/mol. The van der Waals surface area contributed by atoms with Crippen LogP contribution in [-0.4, -0.2) is 25.6 Å². The number of aromatic nitrogens is 3. The number of hydrogen-bond acceptors (Lipinski definition) is 4. The molecule has 0 saturated carbocycles. The van der Waals surface area contributed by atoms with E-state index in [1.165, 1.54) is 11.8 Å². The normalized spacial score (nSPS) is 12.6. The minimum Gasteiger partial charge on any atom is -0.388 e. The van der Waals surface area contributed by atoms with Crippen LogP contribution in [0.4, 0.5) is 0 Å². The Balaban J connectivity index is 1.95. The molecule has 0 amide bonds. The standard InChI is InChI=1S/C11H12BrN3OS/c1-15-7-13-14-11(15)17-6-10(16)8-2-4-9(12)5-3-8/h2-5,7,10,16H,6H2,1H3. The van der Waals surface area contributed by atoms with Crippen molar-refractivity contribution in [3.63, 3.8) is 0 Å². The van der Waals surface area contributed by atoms with Crippen LogP contribution in [0, 0.1) is 0 Å². The Morgan fingerprint density at radius 1 is 1.41 bits per heavy atom. The lowest BCUT2D eigenvalue weighted by Gasteiger charge is -2.10. The summed E-state index contributed by atoms with van der Waals surface area (Å²) in [5.74, 6) is 0.564. The molecule has 1 atom stereocenters. The van der Waals surface area contributed by atoms with Crippen molar-refractivity contribution >= 4 is 27.7 Å². The van der Waals surface area contributed by atoms with Gasteiger partial charge in [-0.1, -0.05) is 39.8 Å². The van der Waals surface area contributed by atoms with Gasteiger partial charge < -0.3 is 9.67 Å². The predicted octanol–water partition coefficient (Wildman–Crippen LogP) is 2.40. The second-order valence-electron chi connectivity index (χ2n) is 3.60. The third kappa shape index (κ3) is 3.31. The molecule has 0 saturated heterocycles. The van der Waals surface area contributed by atoms with Crippen molar-refractivity contribution in [1.82, 2.24) is 14.8 Å². The van der Waals surface area contributed by atoms with Crippen molar-refractivity contribution in [2.75, 3.05) is 5.75 Å². The third-order valence-electron chi connectivity index (χ3n) is 2.29. The van der Waals surface area contributed by atoms with Crippen molar-refractivity contribution in [2.24, 2.45) is 7.05 Å². The van der Waals surface area contributed by atoms with Crippen molar-refractivity contribution in [1.29, 1.82) is 0 Å². The molecule has 0 aliphatic heterocycles. The summed E-state index contributed by atoms with van der Waals surface area (Å²) in [5, 5.41) is 18.6. The Kier molecular flexibility index (Phi) is 4.20. The minimum atomic E-state index is -0.496. The van der Waals surface area contributed by atoms with E-state index in [4.69, 9.17) is 0 Å². The molecular weight excluding hydrogens is 302 g/mol. The second kappa shape index (κ2) is 5.66.